The van der Waals surface area contributed by atoms with Crippen molar-refractivity contribution in [1.29, 1.82) is 0 Å². The molecule has 0 aromatic carbocycles. The van der Waals surface area contributed by atoms with Crippen molar-refractivity contribution in [2.75, 3.05) is 6.61 Å². The summed E-state index contributed by atoms with van der Waals surface area (Å²) in [6, 6.07) is 0. The van der Waals surface area contributed by atoms with Crippen LogP contribution in [0.15, 0.2) is 34.9 Å². The van der Waals surface area contributed by atoms with Gasteiger partial charge in [0.05, 0.1) is 11.0 Å². The van der Waals surface area contributed by atoms with Crippen molar-refractivity contribution >= 4 is 17.9 Å². The van der Waals surface area contributed by atoms with Crippen molar-refractivity contribution in [3.05, 3.63) is 34.9 Å². The fourth-order valence-electron chi connectivity index (χ4n) is 9.95. The van der Waals surface area contributed by atoms with E-state index in [1.54, 1.807) is 6.92 Å². The Morgan fingerprint density at radius 1 is 1.25 bits per heavy atom. The van der Waals surface area contributed by atoms with Gasteiger partial charge in [0.2, 0.25) is 0 Å². The van der Waals surface area contributed by atoms with Crippen LogP contribution in [0.2, 0.25) is 0 Å². The van der Waals surface area contributed by atoms with Crippen LogP contribution in [0.5, 0.6) is 0 Å². The molecule has 2 saturated carbocycles. The van der Waals surface area contributed by atoms with Crippen LogP contribution in [0, 0.1) is 40.4 Å². The average molecular weight is 555 g/mol. The van der Waals surface area contributed by atoms with Crippen LogP contribution >= 0.6 is 0 Å². The first-order valence-corrected chi connectivity index (χ1v) is 14.8. The predicted molar refractivity (Wildman–Crippen MR) is 144 cm³/mol. The standard InChI is InChI=1S/C32H42O8/c1-15(8-7-9-33)21-12-23-25(13-30(21,6)37)40-29(36)32(23)14-31-16(2)10-24-20(17(3)28(35)39-24)11-22(31)18(4)26(32)27(31)38-19(5)34/h12,15-16,20,23-27,33,37H,3,7-11,13-14H2,1-2,4-6H3/t15-,16-,20+,23-,24-,25+,26-,27-,30+,31-,32-/m0/s1. The lowest BCUT2D eigenvalue weighted by atomic mass is 9.56. The fraction of sp³-hybridized carbons (Fsp3) is 0.719. The maximum Gasteiger partial charge on any atom is 0.334 e. The topological polar surface area (TPSA) is 119 Å². The third kappa shape index (κ3) is 3.47. The number of esters is 3. The monoisotopic (exact) mass is 554 g/mol. The van der Waals surface area contributed by atoms with E-state index in [0.29, 0.717) is 37.7 Å². The molecule has 0 radical (unpaired) electrons. The predicted octanol–water partition coefficient (Wildman–Crippen LogP) is 3.80. The van der Waals surface area contributed by atoms with E-state index in [1.165, 1.54) is 12.5 Å². The van der Waals surface area contributed by atoms with Crippen LogP contribution in [-0.2, 0) is 28.6 Å². The Kier molecular flexibility index (Phi) is 6.25. The van der Waals surface area contributed by atoms with Gasteiger partial charge in [0.25, 0.3) is 0 Å². The second-order valence-corrected chi connectivity index (χ2v) is 13.7. The number of carbonyl (C=O) groups excluding carboxylic acids is 3. The fourth-order valence-corrected chi connectivity index (χ4v) is 9.95. The van der Waals surface area contributed by atoms with Gasteiger partial charge < -0.3 is 24.4 Å². The highest BCUT2D eigenvalue weighted by Gasteiger charge is 2.78. The first-order valence-electron chi connectivity index (χ1n) is 14.8. The molecule has 0 aromatic rings. The van der Waals surface area contributed by atoms with Gasteiger partial charge in [-0.05, 0) is 63.4 Å². The number of ether oxygens (including phenoxy) is 3. The van der Waals surface area contributed by atoms with Crippen molar-refractivity contribution in [2.45, 2.75) is 97.1 Å². The van der Waals surface area contributed by atoms with Gasteiger partial charge in [-0.25, -0.2) is 4.79 Å². The molecule has 0 unspecified atom stereocenters. The zero-order valence-electron chi connectivity index (χ0n) is 24.2. The molecule has 4 fully saturated rings. The lowest BCUT2D eigenvalue weighted by Crippen LogP contribution is -2.47. The lowest BCUT2D eigenvalue weighted by molar-refractivity contribution is -0.156. The van der Waals surface area contributed by atoms with E-state index in [1.807, 2.05) is 0 Å². The molecule has 6 aliphatic rings. The molecular formula is C32H42O8. The smallest absolute Gasteiger partial charge is 0.334 e. The highest BCUT2D eigenvalue weighted by atomic mass is 16.6. The highest BCUT2D eigenvalue weighted by molar-refractivity contribution is 5.91. The molecule has 4 aliphatic carbocycles. The van der Waals surface area contributed by atoms with Crippen LogP contribution in [0.25, 0.3) is 0 Å². The first kappa shape index (κ1) is 27.7. The maximum absolute atomic E-state index is 14.1. The minimum Gasteiger partial charge on any atom is -0.461 e. The molecule has 2 spiro atoms. The summed E-state index contributed by atoms with van der Waals surface area (Å²) in [6.45, 7) is 13.6. The molecule has 218 valence electrons. The Morgan fingerprint density at radius 3 is 2.65 bits per heavy atom. The van der Waals surface area contributed by atoms with E-state index in [4.69, 9.17) is 14.2 Å². The van der Waals surface area contributed by atoms with E-state index in [2.05, 4.69) is 33.4 Å². The molecule has 8 nitrogen and oxygen atoms in total. The average Bonchev–Trinajstić information content (AvgIpc) is 3.44. The number of fused-ring (bicyclic) bond motifs is 5. The normalized spacial score (nSPS) is 45.9. The maximum atomic E-state index is 14.1. The van der Waals surface area contributed by atoms with E-state index >= 15 is 0 Å². The second kappa shape index (κ2) is 9.02. The van der Waals surface area contributed by atoms with E-state index < -0.39 is 28.6 Å². The number of hydrogen-bond donors (Lipinski definition) is 2. The molecule has 2 heterocycles. The summed E-state index contributed by atoms with van der Waals surface area (Å²) in [6.07, 6.45) is 4.19. The molecule has 2 N–H and O–H groups in total. The molecule has 2 saturated heterocycles. The highest BCUT2D eigenvalue weighted by Crippen LogP contribution is 2.75. The Hall–Kier alpha value is -2.45. The minimum atomic E-state index is -1.12. The van der Waals surface area contributed by atoms with Gasteiger partial charge in [-0.15, -0.1) is 0 Å². The summed E-state index contributed by atoms with van der Waals surface area (Å²) < 4.78 is 18.1. The van der Waals surface area contributed by atoms with Gasteiger partial charge >= 0.3 is 17.9 Å². The molecule has 0 aromatic heterocycles. The van der Waals surface area contributed by atoms with Crippen LogP contribution in [0.4, 0.5) is 0 Å². The number of aliphatic hydroxyl groups is 2. The van der Waals surface area contributed by atoms with Crippen molar-refractivity contribution < 1.29 is 38.8 Å². The number of carbonyl (C=O) groups is 3. The van der Waals surface area contributed by atoms with Gasteiger partial charge in [-0.1, -0.05) is 37.6 Å². The van der Waals surface area contributed by atoms with Crippen LogP contribution in [-0.4, -0.2) is 58.6 Å². The van der Waals surface area contributed by atoms with E-state index in [0.717, 1.165) is 17.6 Å². The Balaban J connectivity index is 1.49. The molecule has 8 heteroatoms. The molecule has 2 bridgehead atoms. The summed E-state index contributed by atoms with van der Waals surface area (Å²) in [5.41, 5.74) is 0.984. The summed E-state index contributed by atoms with van der Waals surface area (Å²) in [4.78, 5) is 39.1. The third-order valence-electron chi connectivity index (χ3n) is 11.6. The summed E-state index contributed by atoms with van der Waals surface area (Å²) >= 11 is 0. The van der Waals surface area contributed by atoms with Crippen LogP contribution in [0.1, 0.15) is 73.1 Å². The second-order valence-electron chi connectivity index (χ2n) is 13.7. The Labute approximate surface area is 235 Å². The number of rotatable bonds is 5. The van der Waals surface area contributed by atoms with Gasteiger partial charge in [0, 0.05) is 48.7 Å². The lowest BCUT2D eigenvalue weighted by Gasteiger charge is -2.44. The van der Waals surface area contributed by atoms with Gasteiger partial charge in [0.1, 0.15) is 18.3 Å². The molecule has 40 heavy (non-hydrogen) atoms. The summed E-state index contributed by atoms with van der Waals surface area (Å²) in [5.74, 6) is -1.73. The summed E-state index contributed by atoms with van der Waals surface area (Å²) in [7, 11) is 0. The van der Waals surface area contributed by atoms with E-state index in [-0.39, 0.29) is 60.2 Å². The molecule has 6 rings (SSSR count). The SMILES string of the molecule is C=C1C(=O)O[C@H]2C[C@H](C)[C@@]34C[C@@]5(C(=O)O[C@@H]6C[C@@](C)(O)C([C@@H](C)CCCO)=C[C@@H]65)[C@@H](C(C)=C3C[C@H]12)[C@@H]4OC(C)=O. The zero-order valence-corrected chi connectivity index (χ0v) is 24.2. The van der Waals surface area contributed by atoms with Crippen LogP contribution < -0.4 is 0 Å². The summed E-state index contributed by atoms with van der Waals surface area (Å²) in [5, 5.41) is 20.9. The largest absolute Gasteiger partial charge is 0.461 e. The molecule has 11 atom stereocenters. The van der Waals surface area contributed by atoms with Gasteiger partial charge in [-0.2, -0.15) is 0 Å². The number of hydrogen-bond acceptors (Lipinski definition) is 8. The molecule has 2 aliphatic heterocycles. The van der Waals surface area contributed by atoms with Crippen LogP contribution in [0.3, 0.4) is 0 Å². The van der Waals surface area contributed by atoms with Crippen molar-refractivity contribution in [1.82, 2.24) is 0 Å². The first-order chi connectivity index (χ1) is 18.8. The number of aliphatic hydroxyl groups excluding tert-OH is 1. The quantitative estimate of drug-likeness (QED) is 0.228. The van der Waals surface area contributed by atoms with Crippen molar-refractivity contribution in [3.8, 4) is 0 Å². The van der Waals surface area contributed by atoms with Crippen molar-refractivity contribution in [2.24, 2.45) is 40.4 Å². The molecule has 0 amide bonds. The van der Waals surface area contributed by atoms with E-state index in [9.17, 15) is 24.6 Å². The van der Waals surface area contributed by atoms with Crippen molar-refractivity contribution in [3.63, 3.8) is 0 Å². The Bertz CT molecular complexity index is 1240. The zero-order chi connectivity index (χ0) is 28.9. The molecular weight excluding hydrogens is 512 g/mol. The third-order valence-corrected chi connectivity index (χ3v) is 11.6. The van der Waals surface area contributed by atoms with Gasteiger partial charge in [-0.3, -0.25) is 9.59 Å². The minimum absolute atomic E-state index is 0.0228. The van der Waals surface area contributed by atoms with Gasteiger partial charge in [0.15, 0.2) is 0 Å². The Morgan fingerprint density at radius 2 is 1.98 bits per heavy atom.